The van der Waals surface area contributed by atoms with Crippen LogP contribution in [-0.2, 0) is 0 Å². The third-order valence-corrected chi connectivity index (χ3v) is 2.90. The van der Waals surface area contributed by atoms with Crippen molar-refractivity contribution in [2.24, 2.45) is 5.73 Å². The molecular formula is C12H18N2. The SMILES string of the molecule is C[C@H](N)c1ccccc1N(C)C1CC1. The maximum Gasteiger partial charge on any atom is 0.0414 e. The molecule has 0 saturated heterocycles. The summed E-state index contributed by atoms with van der Waals surface area (Å²) in [6, 6.07) is 9.29. The molecule has 0 radical (unpaired) electrons. The van der Waals surface area contributed by atoms with Crippen molar-refractivity contribution in [1.29, 1.82) is 0 Å². The summed E-state index contributed by atoms with van der Waals surface area (Å²) in [4.78, 5) is 2.36. The van der Waals surface area contributed by atoms with Crippen molar-refractivity contribution < 1.29 is 0 Å². The van der Waals surface area contributed by atoms with Crippen LogP contribution in [0, 0.1) is 0 Å². The summed E-state index contributed by atoms with van der Waals surface area (Å²) in [6.45, 7) is 2.04. The third-order valence-electron chi connectivity index (χ3n) is 2.90. The molecule has 2 rings (SSSR count). The first-order chi connectivity index (χ1) is 6.70. The average Bonchev–Trinajstić information content (AvgIpc) is 3.00. The monoisotopic (exact) mass is 190 g/mol. The molecule has 2 heteroatoms. The number of nitrogens with two attached hydrogens (primary N) is 1. The Morgan fingerprint density at radius 3 is 2.57 bits per heavy atom. The molecule has 0 spiro atoms. The molecule has 0 heterocycles. The molecule has 1 saturated carbocycles. The van der Waals surface area contributed by atoms with Crippen molar-refractivity contribution in [3.05, 3.63) is 29.8 Å². The molecule has 1 aliphatic carbocycles. The van der Waals surface area contributed by atoms with Crippen LogP contribution in [0.4, 0.5) is 5.69 Å². The fourth-order valence-electron chi connectivity index (χ4n) is 1.85. The van der Waals surface area contributed by atoms with Gasteiger partial charge in [0, 0.05) is 24.8 Å². The molecule has 0 unspecified atom stereocenters. The average molecular weight is 190 g/mol. The fourth-order valence-corrected chi connectivity index (χ4v) is 1.85. The molecular weight excluding hydrogens is 172 g/mol. The zero-order valence-electron chi connectivity index (χ0n) is 8.90. The van der Waals surface area contributed by atoms with Crippen LogP contribution in [-0.4, -0.2) is 13.1 Å². The van der Waals surface area contributed by atoms with E-state index in [2.05, 4.69) is 36.2 Å². The summed E-state index contributed by atoms with van der Waals surface area (Å²) in [6.07, 6.45) is 2.65. The topological polar surface area (TPSA) is 29.3 Å². The van der Waals surface area contributed by atoms with Gasteiger partial charge in [-0.05, 0) is 31.4 Å². The van der Waals surface area contributed by atoms with Gasteiger partial charge in [0.1, 0.15) is 0 Å². The van der Waals surface area contributed by atoms with Crippen LogP contribution in [0.1, 0.15) is 31.4 Å². The Hall–Kier alpha value is -1.02. The van der Waals surface area contributed by atoms with E-state index in [9.17, 15) is 0 Å². The first kappa shape index (κ1) is 9.53. The zero-order valence-corrected chi connectivity index (χ0v) is 8.90. The highest BCUT2D eigenvalue weighted by molar-refractivity contribution is 5.55. The Bertz CT molecular complexity index is 316. The predicted octanol–water partition coefficient (Wildman–Crippen LogP) is 2.30. The molecule has 76 valence electrons. The van der Waals surface area contributed by atoms with Gasteiger partial charge in [-0.3, -0.25) is 0 Å². The van der Waals surface area contributed by atoms with Gasteiger partial charge in [-0.15, -0.1) is 0 Å². The van der Waals surface area contributed by atoms with Crippen molar-refractivity contribution >= 4 is 5.69 Å². The van der Waals surface area contributed by atoms with Crippen LogP contribution >= 0.6 is 0 Å². The molecule has 1 aromatic carbocycles. The third kappa shape index (κ3) is 1.75. The van der Waals surface area contributed by atoms with Crippen LogP contribution in [0.2, 0.25) is 0 Å². The summed E-state index contributed by atoms with van der Waals surface area (Å²) in [5.74, 6) is 0. The molecule has 0 aliphatic heterocycles. The standard InChI is InChI=1S/C12H18N2/c1-9(13)11-5-3-4-6-12(11)14(2)10-7-8-10/h3-6,9-10H,7-8,13H2,1-2H3/t9-/m0/s1. The lowest BCUT2D eigenvalue weighted by Gasteiger charge is -2.23. The van der Waals surface area contributed by atoms with Crippen molar-refractivity contribution in [1.82, 2.24) is 0 Å². The Balaban J connectivity index is 2.30. The van der Waals surface area contributed by atoms with E-state index in [0.29, 0.717) is 0 Å². The van der Waals surface area contributed by atoms with Gasteiger partial charge in [0.25, 0.3) is 0 Å². The minimum absolute atomic E-state index is 0.118. The minimum Gasteiger partial charge on any atom is -0.371 e. The molecule has 1 aliphatic rings. The lowest BCUT2D eigenvalue weighted by atomic mass is 10.1. The van der Waals surface area contributed by atoms with E-state index >= 15 is 0 Å². The van der Waals surface area contributed by atoms with E-state index in [4.69, 9.17) is 5.73 Å². The quantitative estimate of drug-likeness (QED) is 0.792. The van der Waals surface area contributed by atoms with E-state index in [1.54, 1.807) is 0 Å². The number of hydrogen-bond acceptors (Lipinski definition) is 2. The molecule has 14 heavy (non-hydrogen) atoms. The van der Waals surface area contributed by atoms with Crippen molar-refractivity contribution in [2.75, 3.05) is 11.9 Å². The van der Waals surface area contributed by atoms with Gasteiger partial charge in [0.15, 0.2) is 0 Å². The molecule has 1 atom stereocenters. The highest BCUT2D eigenvalue weighted by atomic mass is 15.2. The first-order valence-corrected chi connectivity index (χ1v) is 5.27. The number of rotatable bonds is 3. The van der Waals surface area contributed by atoms with Crippen molar-refractivity contribution in [3.63, 3.8) is 0 Å². The largest absolute Gasteiger partial charge is 0.371 e. The van der Waals surface area contributed by atoms with Gasteiger partial charge in [0.2, 0.25) is 0 Å². The van der Waals surface area contributed by atoms with Crippen molar-refractivity contribution in [2.45, 2.75) is 31.8 Å². The molecule has 2 nitrogen and oxygen atoms in total. The molecule has 0 amide bonds. The molecule has 2 N–H and O–H groups in total. The van der Waals surface area contributed by atoms with E-state index in [-0.39, 0.29) is 6.04 Å². The number of nitrogens with zero attached hydrogens (tertiary/aromatic N) is 1. The van der Waals surface area contributed by atoms with Gasteiger partial charge in [-0.25, -0.2) is 0 Å². The molecule has 0 bridgehead atoms. The van der Waals surface area contributed by atoms with Gasteiger partial charge in [0.05, 0.1) is 0 Å². The number of anilines is 1. The summed E-state index contributed by atoms with van der Waals surface area (Å²) in [5.41, 5.74) is 8.49. The van der Waals surface area contributed by atoms with Crippen LogP contribution in [0.3, 0.4) is 0 Å². The highest BCUT2D eigenvalue weighted by Gasteiger charge is 2.27. The Morgan fingerprint density at radius 2 is 2.00 bits per heavy atom. The lowest BCUT2D eigenvalue weighted by molar-refractivity contribution is 0.800. The minimum atomic E-state index is 0.118. The van der Waals surface area contributed by atoms with Gasteiger partial charge < -0.3 is 10.6 Å². The maximum atomic E-state index is 5.95. The summed E-state index contributed by atoms with van der Waals surface area (Å²) >= 11 is 0. The summed E-state index contributed by atoms with van der Waals surface area (Å²) in [7, 11) is 2.17. The number of hydrogen-bond donors (Lipinski definition) is 1. The van der Waals surface area contributed by atoms with Gasteiger partial charge in [-0.1, -0.05) is 18.2 Å². The second-order valence-electron chi connectivity index (χ2n) is 4.19. The normalized spacial score (nSPS) is 17.9. The van der Waals surface area contributed by atoms with E-state index in [1.807, 2.05) is 6.92 Å². The highest BCUT2D eigenvalue weighted by Crippen LogP contribution is 2.33. The van der Waals surface area contributed by atoms with E-state index in [1.165, 1.54) is 24.1 Å². The first-order valence-electron chi connectivity index (χ1n) is 5.27. The van der Waals surface area contributed by atoms with Crippen LogP contribution in [0.15, 0.2) is 24.3 Å². The zero-order chi connectivity index (χ0) is 10.1. The summed E-state index contributed by atoms with van der Waals surface area (Å²) < 4.78 is 0. The second kappa shape index (κ2) is 3.62. The predicted molar refractivity (Wildman–Crippen MR) is 60.5 cm³/mol. The molecule has 1 fully saturated rings. The number of para-hydroxylation sites is 1. The Morgan fingerprint density at radius 1 is 1.36 bits per heavy atom. The lowest BCUT2D eigenvalue weighted by Crippen LogP contribution is -2.22. The van der Waals surface area contributed by atoms with E-state index in [0.717, 1.165) is 6.04 Å². The van der Waals surface area contributed by atoms with Crippen LogP contribution in [0.25, 0.3) is 0 Å². The Labute approximate surface area is 85.7 Å². The smallest absolute Gasteiger partial charge is 0.0414 e. The molecule has 1 aromatic rings. The molecule has 0 aromatic heterocycles. The van der Waals surface area contributed by atoms with E-state index < -0.39 is 0 Å². The maximum absolute atomic E-state index is 5.95. The van der Waals surface area contributed by atoms with Crippen molar-refractivity contribution in [3.8, 4) is 0 Å². The number of benzene rings is 1. The van der Waals surface area contributed by atoms with Crippen LogP contribution < -0.4 is 10.6 Å². The van der Waals surface area contributed by atoms with Gasteiger partial charge in [-0.2, -0.15) is 0 Å². The fraction of sp³-hybridized carbons (Fsp3) is 0.500. The second-order valence-corrected chi connectivity index (χ2v) is 4.19. The van der Waals surface area contributed by atoms with Gasteiger partial charge >= 0.3 is 0 Å². The Kier molecular flexibility index (Phi) is 2.46. The van der Waals surface area contributed by atoms with Crippen LogP contribution in [0.5, 0.6) is 0 Å². The summed E-state index contributed by atoms with van der Waals surface area (Å²) in [5, 5.41) is 0.